The molecule has 0 aromatic heterocycles. The van der Waals surface area contributed by atoms with Gasteiger partial charge in [0.1, 0.15) is 0 Å². The number of fused-ring (bicyclic) bond motifs is 1. The average Bonchev–Trinajstić information content (AvgIpc) is 2.99. The number of hydrogen-bond acceptors (Lipinski definition) is 2. The lowest BCUT2D eigenvalue weighted by molar-refractivity contribution is 0.0596. The zero-order valence-electron chi connectivity index (χ0n) is 19.3. The lowest BCUT2D eigenvalue weighted by Crippen LogP contribution is -2.36. The van der Waals surface area contributed by atoms with Crippen LogP contribution in [0.25, 0.3) is 0 Å². The zero-order chi connectivity index (χ0) is 21.2. The first-order valence-corrected chi connectivity index (χ1v) is 12.1. The summed E-state index contributed by atoms with van der Waals surface area (Å²) in [5.74, 6) is 2.26. The maximum Gasteiger partial charge on any atom is 0.0591 e. The van der Waals surface area contributed by atoms with E-state index in [0.29, 0.717) is 5.41 Å². The van der Waals surface area contributed by atoms with Gasteiger partial charge in [-0.25, -0.2) is 0 Å². The van der Waals surface area contributed by atoms with E-state index >= 15 is 0 Å². The van der Waals surface area contributed by atoms with Crippen molar-refractivity contribution in [2.45, 2.75) is 110 Å². The molecule has 0 saturated heterocycles. The van der Waals surface area contributed by atoms with Crippen LogP contribution in [-0.4, -0.2) is 21.9 Å². The van der Waals surface area contributed by atoms with Gasteiger partial charge in [0.25, 0.3) is 0 Å². The fourth-order valence-corrected chi connectivity index (χ4v) is 6.67. The van der Waals surface area contributed by atoms with Crippen molar-refractivity contribution in [3.8, 4) is 0 Å². The molecule has 0 unspecified atom stereocenters. The Morgan fingerprint density at radius 3 is 2.69 bits per heavy atom. The Labute approximate surface area is 179 Å². The Morgan fingerprint density at radius 1 is 1.21 bits per heavy atom. The predicted octanol–water partition coefficient (Wildman–Crippen LogP) is 6.73. The predicted molar refractivity (Wildman–Crippen MR) is 123 cm³/mol. The molecule has 5 atom stereocenters. The molecule has 3 aliphatic carbocycles. The molecule has 0 bridgehead atoms. The summed E-state index contributed by atoms with van der Waals surface area (Å²) < 4.78 is 0. The van der Waals surface area contributed by atoms with Crippen LogP contribution in [0.15, 0.2) is 35.5 Å². The van der Waals surface area contributed by atoms with Gasteiger partial charge in [-0.15, -0.1) is 0 Å². The third-order valence-electron chi connectivity index (χ3n) is 8.36. The summed E-state index contributed by atoms with van der Waals surface area (Å²) in [5, 5.41) is 20.1. The molecular weight excluding hydrogens is 356 g/mol. The Hall–Kier alpha value is -0.860. The highest BCUT2D eigenvalue weighted by Crippen LogP contribution is 2.60. The first kappa shape index (κ1) is 22.8. The van der Waals surface area contributed by atoms with Crippen LogP contribution in [0.2, 0.25) is 0 Å². The van der Waals surface area contributed by atoms with Crippen LogP contribution in [0.4, 0.5) is 0 Å². The molecule has 2 N–H and O–H groups in total. The maximum atomic E-state index is 10.0. The smallest absolute Gasteiger partial charge is 0.0591 e. The second-order valence-corrected chi connectivity index (χ2v) is 11.2. The van der Waals surface area contributed by atoms with E-state index in [1.54, 1.807) is 5.57 Å². The molecule has 0 aromatic carbocycles. The van der Waals surface area contributed by atoms with E-state index in [1.165, 1.54) is 49.7 Å². The summed E-state index contributed by atoms with van der Waals surface area (Å²) in [6.45, 7) is 13.1. The summed E-state index contributed by atoms with van der Waals surface area (Å²) in [7, 11) is 0. The molecular formula is C27H44O2. The summed E-state index contributed by atoms with van der Waals surface area (Å²) in [6.07, 6.45) is 16.9. The second-order valence-electron chi connectivity index (χ2n) is 11.2. The van der Waals surface area contributed by atoms with Gasteiger partial charge in [-0.3, -0.25) is 0 Å². The molecule has 3 rings (SSSR count). The van der Waals surface area contributed by atoms with Crippen molar-refractivity contribution < 1.29 is 10.2 Å². The third kappa shape index (κ3) is 5.44. The summed E-state index contributed by atoms with van der Waals surface area (Å²) >= 11 is 0. The van der Waals surface area contributed by atoms with Crippen molar-refractivity contribution in [1.82, 2.24) is 0 Å². The van der Waals surface area contributed by atoms with E-state index in [-0.39, 0.29) is 6.10 Å². The lowest BCUT2D eigenvalue weighted by atomic mass is 9.60. The number of rotatable bonds is 6. The van der Waals surface area contributed by atoms with Crippen LogP contribution >= 0.6 is 0 Å². The number of aliphatic hydroxyl groups excluding tert-OH is 1. The van der Waals surface area contributed by atoms with Crippen molar-refractivity contribution in [1.29, 1.82) is 0 Å². The van der Waals surface area contributed by atoms with Crippen LogP contribution < -0.4 is 0 Å². The van der Waals surface area contributed by atoms with Gasteiger partial charge < -0.3 is 10.2 Å². The molecule has 3 saturated carbocycles. The van der Waals surface area contributed by atoms with Crippen LogP contribution in [-0.2, 0) is 0 Å². The minimum atomic E-state index is -0.535. The average molecular weight is 401 g/mol. The molecule has 0 radical (unpaired) electrons. The van der Waals surface area contributed by atoms with Gasteiger partial charge in [0.05, 0.1) is 11.7 Å². The molecule has 29 heavy (non-hydrogen) atoms. The summed E-state index contributed by atoms with van der Waals surface area (Å²) in [4.78, 5) is 0. The summed E-state index contributed by atoms with van der Waals surface area (Å²) in [5.41, 5.74) is 4.02. The topological polar surface area (TPSA) is 40.5 Å². The fraction of sp³-hybridized carbons (Fsp3) is 0.778. The van der Waals surface area contributed by atoms with E-state index in [2.05, 4.69) is 32.6 Å². The third-order valence-corrected chi connectivity index (χ3v) is 8.36. The monoisotopic (exact) mass is 400 g/mol. The van der Waals surface area contributed by atoms with Gasteiger partial charge in [0.2, 0.25) is 0 Å². The Morgan fingerprint density at radius 2 is 1.97 bits per heavy atom. The fourth-order valence-electron chi connectivity index (χ4n) is 6.67. The summed E-state index contributed by atoms with van der Waals surface area (Å²) in [6, 6.07) is 0. The SMILES string of the molecule is C=C1CC[C@H](O)CC1=CC=C1CCC[C@]2(C)[C@@H]([C@@H](C)CCCC(C)(C)O)CC[C@@H]12. The molecule has 164 valence electrons. The van der Waals surface area contributed by atoms with Gasteiger partial charge in [-0.1, -0.05) is 56.6 Å². The minimum absolute atomic E-state index is 0.192. The van der Waals surface area contributed by atoms with Crippen molar-refractivity contribution in [2.24, 2.45) is 23.2 Å². The van der Waals surface area contributed by atoms with Gasteiger partial charge in [-0.2, -0.15) is 0 Å². The van der Waals surface area contributed by atoms with E-state index < -0.39 is 5.60 Å². The zero-order valence-corrected chi connectivity index (χ0v) is 19.3. The lowest BCUT2D eigenvalue weighted by Gasteiger charge is -2.44. The quantitative estimate of drug-likeness (QED) is 0.518. The molecule has 0 spiro atoms. The Kier molecular flexibility index (Phi) is 7.16. The number of hydrogen-bond donors (Lipinski definition) is 2. The van der Waals surface area contributed by atoms with E-state index in [0.717, 1.165) is 49.9 Å². The standard InChI is InChI=1S/C27H44O2/c1-19-10-13-23(28)18-22(19)12-11-21-9-7-17-27(5)24(14-15-25(21)27)20(2)8-6-16-26(3,4)29/h11-12,20,23-25,28-29H,1,6-10,13-18H2,2-5H3/t20-,23-,24+,25-,27+/m0/s1. The Bertz CT molecular complexity index is 650. The highest BCUT2D eigenvalue weighted by molar-refractivity contribution is 5.36. The molecule has 0 heterocycles. The van der Waals surface area contributed by atoms with Crippen molar-refractivity contribution >= 4 is 0 Å². The molecule has 0 aliphatic heterocycles. The first-order valence-electron chi connectivity index (χ1n) is 12.1. The number of aliphatic hydroxyl groups is 2. The van der Waals surface area contributed by atoms with Crippen LogP contribution in [0.5, 0.6) is 0 Å². The molecule has 0 amide bonds. The normalized spacial score (nSPS) is 37.2. The molecule has 2 heteroatoms. The largest absolute Gasteiger partial charge is 0.393 e. The van der Waals surface area contributed by atoms with Gasteiger partial charge in [0.15, 0.2) is 0 Å². The maximum absolute atomic E-state index is 10.0. The minimum Gasteiger partial charge on any atom is -0.393 e. The Balaban J connectivity index is 1.68. The second kappa shape index (κ2) is 9.10. The van der Waals surface area contributed by atoms with Gasteiger partial charge in [0, 0.05) is 0 Å². The molecule has 3 fully saturated rings. The van der Waals surface area contributed by atoms with Crippen molar-refractivity contribution in [3.63, 3.8) is 0 Å². The first-order chi connectivity index (χ1) is 13.6. The van der Waals surface area contributed by atoms with Crippen LogP contribution in [0.1, 0.15) is 98.3 Å². The van der Waals surface area contributed by atoms with E-state index in [1.807, 2.05) is 13.8 Å². The number of allylic oxidation sites excluding steroid dienone is 4. The van der Waals surface area contributed by atoms with Gasteiger partial charge >= 0.3 is 0 Å². The van der Waals surface area contributed by atoms with Crippen molar-refractivity contribution in [3.05, 3.63) is 35.5 Å². The molecule has 0 aromatic rings. The van der Waals surface area contributed by atoms with E-state index in [4.69, 9.17) is 0 Å². The highest BCUT2D eigenvalue weighted by atomic mass is 16.3. The van der Waals surface area contributed by atoms with Crippen molar-refractivity contribution in [2.75, 3.05) is 0 Å². The highest BCUT2D eigenvalue weighted by Gasteiger charge is 2.50. The van der Waals surface area contributed by atoms with Crippen LogP contribution in [0.3, 0.4) is 0 Å². The van der Waals surface area contributed by atoms with E-state index in [9.17, 15) is 10.2 Å². The molecule has 2 nitrogen and oxygen atoms in total. The van der Waals surface area contributed by atoms with Gasteiger partial charge in [-0.05, 0) is 100 Å². The molecule has 3 aliphatic rings. The van der Waals surface area contributed by atoms with Crippen LogP contribution in [0, 0.1) is 23.2 Å².